The van der Waals surface area contributed by atoms with Crippen molar-refractivity contribution >= 4 is 5.96 Å². The SMILES string of the molecule is CCNC(=NCc1cc(OC)c(OCC)c(OC)c1)NCc1cccc(C)c1. The first-order valence-electron chi connectivity index (χ1n) is 9.56. The summed E-state index contributed by atoms with van der Waals surface area (Å²) in [6.45, 7) is 8.60. The second kappa shape index (κ2) is 11.1. The molecule has 2 rings (SSSR count). The molecule has 0 fully saturated rings. The lowest BCUT2D eigenvalue weighted by Crippen LogP contribution is -2.36. The quantitative estimate of drug-likeness (QED) is 0.509. The Morgan fingerprint density at radius 1 is 0.964 bits per heavy atom. The number of aliphatic imine (C=N–C) groups is 1. The summed E-state index contributed by atoms with van der Waals surface area (Å²) >= 11 is 0. The van der Waals surface area contributed by atoms with E-state index in [4.69, 9.17) is 19.2 Å². The van der Waals surface area contributed by atoms with Crippen LogP contribution in [-0.4, -0.2) is 33.3 Å². The molecule has 6 heteroatoms. The summed E-state index contributed by atoms with van der Waals surface area (Å²) in [7, 11) is 3.25. The first-order chi connectivity index (χ1) is 13.6. The molecule has 2 aromatic rings. The van der Waals surface area contributed by atoms with Gasteiger partial charge in [0.1, 0.15) is 0 Å². The van der Waals surface area contributed by atoms with Crippen LogP contribution in [0.15, 0.2) is 41.4 Å². The lowest BCUT2D eigenvalue weighted by Gasteiger charge is -2.15. The maximum absolute atomic E-state index is 5.66. The van der Waals surface area contributed by atoms with Gasteiger partial charge in [-0.1, -0.05) is 29.8 Å². The van der Waals surface area contributed by atoms with Crippen molar-refractivity contribution in [2.45, 2.75) is 33.9 Å². The minimum Gasteiger partial charge on any atom is -0.493 e. The van der Waals surface area contributed by atoms with Crippen molar-refractivity contribution in [2.75, 3.05) is 27.4 Å². The van der Waals surface area contributed by atoms with E-state index in [1.165, 1.54) is 11.1 Å². The van der Waals surface area contributed by atoms with E-state index in [1.54, 1.807) is 14.2 Å². The predicted molar refractivity (Wildman–Crippen MR) is 114 cm³/mol. The fourth-order valence-electron chi connectivity index (χ4n) is 2.83. The minimum absolute atomic E-state index is 0.488. The topological polar surface area (TPSA) is 64.1 Å². The molecular weight excluding hydrogens is 354 g/mol. The van der Waals surface area contributed by atoms with Crippen LogP contribution in [0.4, 0.5) is 0 Å². The smallest absolute Gasteiger partial charge is 0.203 e. The highest BCUT2D eigenvalue weighted by Crippen LogP contribution is 2.38. The molecule has 0 spiro atoms. The number of aryl methyl sites for hydroxylation is 1. The van der Waals surface area contributed by atoms with Gasteiger partial charge < -0.3 is 24.8 Å². The molecule has 28 heavy (non-hydrogen) atoms. The molecule has 0 heterocycles. The molecule has 0 radical (unpaired) electrons. The molecule has 0 amide bonds. The summed E-state index contributed by atoms with van der Waals surface area (Å²) in [6, 6.07) is 12.3. The Morgan fingerprint density at radius 2 is 1.68 bits per heavy atom. The van der Waals surface area contributed by atoms with Gasteiger partial charge >= 0.3 is 0 Å². The van der Waals surface area contributed by atoms with Crippen LogP contribution in [0.3, 0.4) is 0 Å². The van der Waals surface area contributed by atoms with Gasteiger partial charge in [0, 0.05) is 13.1 Å². The van der Waals surface area contributed by atoms with Crippen LogP contribution in [0, 0.1) is 6.92 Å². The van der Waals surface area contributed by atoms with E-state index in [1.807, 2.05) is 26.0 Å². The minimum atomic E-state index is 0.488. The first-order valence-corrected chi connectivity index (χ1v) is 9.56. The monoisotopic (exact) mass is 385 g/mol. The van der Waals surface area contributed by atoms with Crippen LogP contribution in [0.5, 0.6) is 17.2 Å². The molecule has 0 saturated heterocycles. The molecular formula is C22H31N3O3. The van der Waals surface area contributed by atoms with Crippen molar-refractivity contribution in [2.24, 2.45) is 4.99 Å². The van der Waals surface area contributed by atoms with E-state index in [0.717, 1.165) is 18.1 Å². The average molecular weight is 386 g/mol. The molecule has 2 N–H and O–H groups in total. The molecule has 0 aliphatic heterocycles. The normalized spacial score (nSPS) is 11.1. The third-order valence-electron chi connectivity index (χ3n) is 4.12. The Balaban J connectivity index is 2.14. The van der Waals surface area contributed by atoms with Gasteiger partial charge in [0.15, 0.2) is 17.5 Å². The van der Waals surface area contributed by atoms with Crippen LogP contribution in [0.2, 0.25) is 0 Å². The number of nitrogens with one attached hydrogen (secondary N) is 2. The lowest BCUT2D eigenvalue weighted by atomic mass is 10.1. The zero-order chi connectivity index (χ0) is 20.4. The van der Waals surface area contributed by atoms with Crippen LogP contribution in [0.25, 0.3) is 0 Å². The van der Waals surface area contributed by atoms with Gasteiger partial charge in [-0.3, -0.25) is 0 Å². The highest BCUT2D eigenvalue weighted by atomic mass is 16.5. The summed E-state index contributed by atoms with van der Waals surface area (Å²) in [6.07, 6.45) is 0. The highest BCUT2D eigenvalue weighted by Gasteiger charge is 2.13. The van der Waals surface area contributed by atoms with E-state index in [0.29, 0.717) is 36.9 Å². The highest BCUT2D eigenvalue weighted by molar-refractivity contribution is 5.79. The number of nitrogens with zero attached hydrogens (tertiary/aromatic N) is 1. The molecule has 0 saturated carbocycles. The zero-order valence-electron chi connectivity index (χ0n) is 17.5. The average Bonchev–Trinajstić information content (AvgIpc) is 2.70. The molecule has 152 valence electrons. The Morgan fingerprint density at radius 3 is 2.25 bits per heavy atom. The molecule has 6 nitrogen and oxygen atoms in total. The van der Waals surface area contributed by atoms with E-state index in [-0.39, 0.29) is 0 Å². The summed E-state index contributed by atoms with van der Waals surface area (Å²) in [5, 5.41) is 6.65. The van der Waals surface area contributed by atoms with E-state index < -0.39 is 0 Å². The third-order valence-corrected chi connectivity index (χ3v) is 4.12. The van der Waals surface area contributed by atoms with Gasteiger partial charge in [0.05, 0.1) is 27.4 Å². The largest absolute Gasteiger partial charge is 0.493 e. The maximum Gasteiger partial charge on any atom is 0.203 e. The van der Waals surface area contributed by atoms with E-state index >= 15 is 0 Å². The van der Waals surface area contributed by atoms with Crippen LogP contribution < -0.4 is 24.8 Å². The van der Waals surface area contributed by atoms with Crippen molar-refractivity contribution in [3.05, 3.63) is 53.1 Å². The molecule has 0 bridgehead atoms. The summed E-state index contributed by atoms with van der Waals surface area (Å²) in [4.78, 5) is 4.69. The van der Waals surface area contributed by atoms with E-state index in [9.17, 15) is 0 Å². The summed E-state index contributed by atoms with van der Waals surface area (Å²) in [5.74, 6) is 2.66. The predicted octanol–water partition coefficient (Wildman–Crippen LogP) is 3.67. The van der Waals surface area contributed by atoms with Crippen molar-refractivity contribution in [1.82, 2.24) is 10.6 Å². The van der Waals surface area contributed by atoms with Crippen molar-refractivity contribution in [1.29, 1.82) is 0 Å². The fourth-order valence-corrected chi connectivity index (χ4v) is 2.83. The van der Waals surface area contributed by atoms with Gasteiger partial charge in [-0.2, -0.15) is 0 Å². The Labute approximate surface area is 167 Å². The first kappa shape index (κ1) is 21.4. The van der Waals surface area contributed by atoms with Crippen molar-refractivity contribution in [3.63, 3.8) is 0 Å². The molecule has 2 aromatic carbocycles. The summed E-state index contributed by atoms with van der Waals surface area (Å²) < 4.78 is 16.6. The maximum atomic E-state index is 5.66. The Bertz CT molecular complexity index is 765. The van der Waals surface area contributed by atoms with Gasteiger partial charge in [-0.25, -0.2) is 4.99 Å². The third kappa shape index (κ3) is 6.08. The van der Waals surface area contributed by atoms with Crippen LogP contribution in [-0.2, 0) is 13.1 Å². The number of guanidine groups is 1. The van der Waals surface area contributed by atoms with Gasteiger partial charge in [-0.05, 0) is 44.0 Å². The second-order valence-corrected chi connectivity index (χ2v) is 6.30. The van der Waals surface area contributed by atoms with Crippen LogP contribution in [0.1, 0.15) is 30.5 Å². The van der Waals surface area contributed by atoms with Gasteiger partial charge in [-0.15, -0.1) is 0 Å². The number of hydrogen-bond donors (Lipinski definition) is 2. The number of methoxy groups -OCH3 is 2. The number of benzene rings is 2. The van der Waals surface area contributed by atoms with Crippen LogP contribution >= 0.6 is 0 Å². The number of ether oxygens (including phenoxy) is 3. The van der Waals surface area contributed by atoms with Gasteiger partial charge in [0.2, 0.25) is 5.75 Å². The lowest BCUT2D eigenvalue weighted by molar-refractivity contribution is 0.288. The molecule has 0 aliphatic rings. The standard InChI is InChI=1S/C22H31N3O3/c1-6-23-22(24-14-17-10-8-9-16(3)11-17)25-15-18-12-19(26-4)21(28-7-2)20(13-18)27-5/h8-13H,6-7,14-15H2,1-5H3,(H2,23,24,25). The van der Waals surface area contributed by atoms with Crippen molar-refractivity contribution < 1.29 is 14.2 Å². The van der Waals surface area contributed by atoms with Crippen molar-refractivity contribution in [3.8, 4) is 17.2 Å². The molecule has 0 unspecified atom stereocenters. The summed E-state index contributed by atoms with van der Waals surface area (Å²) in [5.41, 5.74) is 3.44. The molecule has 0 atom stereocenters. The molecule has 0 aromatic heterocycles. The Kier molecular flexibility index (Phi) is 8.46. The Hall–Kier alpha value is -2.89. The number of rotatable bonds is 9. The molecule has 0 aliphatic carbocycles. The fraction of sp³-hybridized carbons (Fsp3) is 0.409. The zero-order valence-corrected chi connectivity index (χ0v) is 17.5. The second-order valence-electron chi connectivity index (χ2n) is 6.30. The number of hydrogen-bond acceptors (Lipinski definition) is 4. The van der Waals surface area contributed by atoms with Gasteiger partial charge in [0.25, 0.3) is 0 Å². The van der Waals surface area contributed by atoms with E-state index in [2.05, 4.69) is 41.8 Å².